The predicted octanol–water partition coefficient (Wildman–Crippen LogP) is 13.4. The van der Waals surface area contributed by atoms with Gasteiger partial charge in [0.1, 0.15) is 24.4 Å². The van der Waals surface area contributed by atoms with Gasteiger partial charge in [-0.3, -0.25) is 9.59 Å². The molecule has 1 rings (SSSR count). The quantitative estimate of drug-likeness (QED) is 0.0195. The molecule has 72 heavy (non-hydrogen) atoms. The molecule has 1 aliphatic rings. The molecule has 11 nitrogen and oxygen atoms in total. The van der Waals surface area contributed by atoms with Gasteiger partial charge in [-0.25, -0.2) is 0 Å². The zero-order valence-electron chi connectivity index (χ0n) is 45.9. The first kappa shape index (κ1) is 67.4. The number of esters is 1. The van der Waals surface area contributed by atoms with Gasteiger partial charge < -0.3 is 45.1 Å². The number of unbranched alkanes of at least 4 members (excludes halogenated alkanes) is 28. The predicted molar refractivity (Wildman–Crippen MR) is 296 cm³/mol. The summed E-state index contributed by atoms with van der Waals surface area (Å²) in [5, 5.41) is 54.1. The monoisotopic (exact) mass is 1020 g/mol. The Morgan fingerprint density at radius 1 is 0.514 bits per heavy atom. The SMILES string of the molecule is CCCCC/C=C/CC/C=C/C(O)C(COC1OC(CO)C(O)C(O)C1O)NC(=O)CCCCCCCCCCCCCCCC/C=C\C/C=C\CCOC(=O)CCCCCCC/C=C\CCCCCCC. The summed E-state index contributed by atoms with van der Waals surface area (Å²) in [6, 6.07) is -0.831. The van der Waals surface area contributed by atoms with E-state index < -0.39 is 49.5 Å². The van der Waals surface area contributed by atoms with Crippen molar-refractivity contribution in [1.82, 2.24) is 5.32 Å². The number of carbonyl (C=O) groups is 2. The molecule has 11 heteroatoms. The number of hydrogen-bond acceptors (Lipinski definition) is 10. The van der Waals surface area contributed by atoms with Crippen LogP contribution < -0.4 is 5.32 Å². The fraction of sp³-hybridized carbons (Fsp3) is 0.803. The molecule has 1 saturated heterocycles. The Morgan fingerprint density at radius 2 is 0.944 bits per heavy atom. The number of nitrogens with one attached hydrogen (secondary N) is 1. The molecule has 0 aromatic rings. The molecule has 7 atom stereocenters. The topological polar surface area (TPSA) is 175 Å². The Kier molecular flexibility index (Phi) is 47.3. The lowest BCUT2D eigenvalue weighted by molar-refractivity contribution is -0.302. The van der Waals surface area contributed by atoms with E-state index in [1.807, 2.05) is 6.08 Å². The lowest BCUT2D eigenvalue weighted by atomic mass is 9.99. The molecule has 0 aliphatic carbocycles. The second-order valence-corrected chi connectivity index (χ2v) is 20.3. The summed E-state index contributed by atoms with van der Waals surface area (Å²) in [6.07, 6.45) is 54.9. The summed E-state index contributed by atoms with van der Waals surface area (Å²) >= 11 is 0. The van der Waals surface area contributed by atoms with Crippen LogP contribution in [0.25, 0.3) is 0 Å². The molecular weight excluding hydrogens is 907 g/mol. The van der Waals surface area contributed by atoms with Crippen LogP contribution in [0.1, 0.15) is 251 Å². The van der Waals surface area contributed by atoms with Crippen molar-refractivity contribution in [3.05, 3.63) is 60.8 Å². The van der Waals surface area contributed by atoms with Crippen molar-refractivity contribution < 1.29 is 49.3 Å². The van der Waals surface area contributed by atoms with Crippen LogP contribution in [0, 0.1) is 0 Å². The lowest BCUT2D eigenvalue weighted by Crippen LogP contribution is -2.60. The zero-order chi connectivity index (χ0) is 52.4. The van der Waals surface area contributed by atoms with Gasteiger partial charge in [0, 0.05) is 12.8 Å². The second-order valence-electron chi connectivity index (χ2n) is 20.3. The minimum absolute atomic E-state index is 0.0584. The molecule has 0 spiro atoms. The summed E-state index contributed by atoms with van der Waals surface area (Å²) in [7, 11) is 0. The molecule has 1 fully saturated rings. The van der Waals surface area contributed by atoms with Crippen LogP contribution in [0.2, 0.25) is 0 Å². The minimum atomic E-state index is -1.58. The number of ether oxygens (including phenoxy) is 3. The third-order valence-corrected chi connectivity index (χ3v) is 13.6. The second kappa shape index (κ2) is 50.5. The van der Waals surface area contributed by atoms with Crippen molar-refractivity contribution in [2.75, 3.05) is 19.8 Å². The van der Waals surface area contributed by atoms with Gasteiger partial charge in [0.2, 0.25) is 5.91 Å². The van der Waals surface area contributed by atoms with E-state index in [0.717, 1.165) is 77.0 Å². The van der Waals surface area contributed by atoms with Gasteiger partial charge in [0.15, 0.2) is 6.29 Å². The molecule has 0 aromatic carbocycles. The highest BCUT2D eigenvalue weighted by atomic mass is 16.7. The maximum Gasteiger partial charge on any atom is 0.305 e. The number of amides is 1. The average molecular weight is 1020 g/mol. The summed E-state index contributed by atoms with van der Waals surface area (Å²) in [5.74, 6) is -0.259. The van der Waals surface area contributed by atoms with Crippen LogP contribution in [0.15, 0.2) is 60.8 Å². The molecule has 1 heterocycles. The van der Waals surface area contributed by atoms with Gasteiger partial charge in [-0.15, -0.1) is 0 Å². The average Bonchev–Trinajstić information content (AvgIpc) is 3.38. The molecule has 1 aliphatic heterocycles. The maximum atomic E-state index is 13.0. The van der Waals surface area contributed by atoms with Crippen molar-refractivity contribution in [3.8, 4) is 0 Å². The van der Waals surface area contributed by atoms with E-state index in [1.54, 1.807) is 6.08 Å². The van der Waals surface area contributed by atoms with Crippen molar-refractivity contribution in [3.63, 3.8) is 0 Å². The van der Waals surface area contributed by atoms with Crippen molar-refractivity contribution in [2.45, 2.75) is 294 Å². The third-order valence-electron chi connectivity index (χ3n) is 13.6. The lowest BCUT2D eigenvalue weighted by Gasteiger charge is -2.40. The minimum Gasteiger partial charge on any atom is -0.465 e. The first-order valence-electron chi connectivity index (χ1n) is 29.6. The maximum absolute atomic E-state index is 13.0. The summed E-state index contributed by atoms with van der Waals surface area (Å²) < 4.78 is 16.6. The van der Waals surface area contributed by atoms with E-state index in [4.69, 9.17) is 14.2 Å². The number of aliphatic hydroxyl groups excluding tert-OH is 5. The molecule has 0 aromatic heterocycles. The largest absolute Gasteiger partial charge is 0.465 e. The van der Waals surface area contributed by atoms with Crippen LogP contribution in [0.5, 0.6) is 0 Å². The van der Waals surface area contributed by atoms with Gasteiger partial charge in [0.05, 0.1) is 32.0 Å². The molecule has 6 N–H and O–H groups in total. The standard InChI is InChI=1S/C61H109NO10/c1-3-5-7-9-11-13-14-15-26-29-33-37-41-45-49-57(66)70-50-46-42-38-34-30-27-24-22-20-18-16-17-19-21-23-25-28-32-36-40-44-48-56(65)62-53(54(64)47-43-39-35-31-12-10-8-6-4-2)52-71-61-60(69)59(68)58(67)55(51-63)72-61/h12,14-15,27,30-31,38,42-43,47,53-55,58-61,63-64,67-69H,3-11,13,16-26,28-29,32-37,39-41,44-46,48-52H2,1-2H3,(H,62,65)/b15-14-,30-27-,31-12+,42-38-,47-43+. The van der Waals surface area contributed by atoms with E-state index in [1.165, 1.54) is 148 Å². The van der Waals surface area contributed by atoms with Gasteiger partial charge in [-0.05, 0) is 89.9 Å². The van der Waals surface area contributed by atoms with Crippen molar-refractivity contribution >= 4 is 11.9 Å². The first-order valence-corrected chi connectivity index (χ1v) is 29.6. The first-order chi connectivity index (χ1) is 35.2. The molecule has 1 amide bonds. The Labute approximate surface area is 439 Å². The van der Waals surface area contributed by atoms with E-state index in [0.29, 0.717) is 19.4 Å². The molecule has 7 unspecified atom stereocenters. The van der Waals surface area contributed by atoms with E-state index in [-0.39, 0.29) is 18.5 Å². The molecule has 0 radical (unpaired) electrons. The number of allylic oxidation sites excluding steroid dienone is 8. The summed E-state index contributed by atoms with van der Waals surface area (Å²) in [6.45, 7) is 4.14. The summed E-state index contributed by atoms with van der Waals surface area (Å²) in [5.41, 5.74) is 0. The number of aliphatic hydroxyl groups is 5. The Morgan fingerprint density at radius 3 is 1.49 bits per heavy atom. The van der Waals surface area contributed by atoms with Crippen LogP contribution >= 0.6 is 0 Å². The van der Waals surface area contributed by atoms with E-state index >= 15 is 0 Å². The molecular formula is C61H109NO10. The van der Waals surface area contributed by atoms with Crippen LogP contribution in [-0.4, -0.2) is 100 Å². The third kappa shape index (κ3) is 39.8. The van der Waals surface area contributed by atoms with Gasteiger partial charge in [0.25, 0.3) is 0 Å². The van der Waals surface area contributed by atoms with Crippen LogP contribution in [-0.2, 0) is 23.8 Å². The van der Waals surface area contributed by atoms with Gasteiger partial charge >= 0.3 is 5.97 Å². The molecule has 418 valence electrons. The summed E-state index contributed by atoms with van der Waals surface area (Å²) in [4.78, 5) is 25.0. The highest BCUT2D eigenvalue weighted by Crippen LogP contribution is 2.23. The normalized spacial score (nSPS) is 19.5. The van der Waals surface area contributed by atoms with E-state index in [2.05, 4.69) is 67.8 Å². The molecule has 0 saturated carbocycles. The smallest absolute Gasteiger partial charge is 0.305 e. The number of rotatable bonds is 50. The van der Waals surface area contributed by atoms with Gasteiger partial charge in [-0.2, -0.15) is 0 Å². The Hall–Kier alpha value is -2.64. The van der Waals surface area contributed by atoms with Gasteiger partial charge in [-0.1, -0.05) is 209 Å². The highest BCUT2D eigenvalue weighted by molar-refractivity contribution is 5.76. The Bertz CT molecular complexity index is 1380. The van der Waals surface area contributed by atoms with Crippen LogP contribution in [0.4, 0.5) is 0 Å². The fourth-order valence-corrected chi connectivity index (χ4v) is 8.87. The Balaban J connectivity index is 2.04. The number of hydrogen-bond donors (Lipinski definition) is 6. The molecule has 0 bridgehead atoms. The van der Waals surface area contributed by atoms with Crippen molar-refractivity contribution in [1.29, 1.82) is 0 Å². The fourth-order valence-electron chi connectivity index (χ4n) is 8.87. The zero-order valence-corrected chi connectivity index (χ0v) is 45.9. The number of carbonyl (C=O) groups excluding carboxylic acids is 2. The van der Waals surface area contributed by atoms with Crippen LogP contribution in [0.3, 0.4) is 0 Å². The van der Waals surface area contributed by atoms with Crippen molar-refractivity contribution in [2.24, 2.45) is 0 Å². The highest BCUT2D eigenvalue weighted by Gasteiger charge is 2.44. The van der Waals surface area contributed by atoms with E-state index in [9.17, 15) is 35.1 Å².